The van der Waals surface area contributed by atoms with Crippen LogP contribution in [0, 0.1) is 4.91 Å². The number of aryl methyl sites for hydroxylation is 1. The van der Waals surface area contributed by atoms with Gasteiger partial charge in [0.05, 0.1) is 0 Å². The first-order valence-corrected chi connectivity index (χ1v) is 2.73. The number of hydrogen-bond donors (Lipinski definition) is 0. The van der Waals surface area contributed by atoms with E-state index in [2.05, 4.69) is 10.2 Å². The van der Waals surface area contributed by atoms with E-state index < -0.39 is 0 Å². The van der Waals surface area contributed by atoms with Gasteiger partial charge in [-0.3, -0.25) is 0 Å². The van der Waals surface area contributed by atoms with Gasteiger partial charge in [-0.15, -0.1) is 4.91 Å². The summed E-state index contributed by atoms with van der Waals surface area (Å²) in [6, 6.07) is 0. The lowest BCUT2D eigenvalue weighted by Gasteiger charge is -1.92. The van der Waals surface area contributed by atoms with Gasteiger partial charge in [-0.2, -0.15) is 0 Å². The van der Waals surface area contributed by atoms with Gasteiger partial charge in [0.15, 0.2) is 0 Å². The van der Waals surface area contributed by atoms with Crippen molar-refractivity contribution in [3.05, 3.63) is 17.3 Å². The Morgan fingerprint density at radius 2 is 2.67 bits per heavy atom. The molecule has 0 saturated heterocycles. The van der Waals surface area contributed by atoms with Crippen molar-refractivity contribution in [3.63, 3.8) is 0 Å². The Morgan fingerprint density at radius 1 is 1.89 bits per heavy atom. The van der Waals surface area contributed by atoms with Crippen LogP contribution in [0.15, 0.2) is 17.6 Å². The Labute approximate surface area is 52.5 Å². The highest BCUT2D eigenvalue weighted by molar-refractivity contribution is 5.14. The number of aromatic nitrogens is 2. The SMILES string of the molecule is CCn1ccnc1N=O. The van der Waals surface area contributed by atoms with E-state index in [1.54, 1.807) is 17.0 Å². The van der Waals surface area contributed by atoms with E-state index >= 15 is 0 Å². The van der Waals surface area contributed by atoms with Crippen molar-refractivity contribution >= 4 is 5.95 Å². The first-order valence-electron chi connectivity index (χ1n) is 2.73. The van der Waals surface area contributed by atoms with Crippen LogP contribution in [0.2, 0.25) is 0 Å². The van der Waals surface area contributed by atoms with Crippen LogP contribution in [0.3, 0.4) is 0 Å². The Balaban J connectivity index is 2.98. The van der Waals surface area contributed by atoms with Gasteiger partial charge in [0.25, 0.3) is 5.95 Å². The van der Waals surface area contributed by atoms with Crippen LogP contribution in [0.25, 0.3) is 0 Å². The van der Waals surface area contributed by atoms with E-state index in [9.17, 15) is 4.91 Å². The Kier molecular flexibility index (Phi) is 1.58. The number of nitroso groups, excluding NO2 is 1. The molecule has 0 aliphatic carbocycles. The molecule has 0 unspecified atom stereocenters. The van der Waals surface area contributed by atoms with E-state index in [4.69, 9.17) is 0 Å². The van der Waals surface area contributed by atoms with Gasteiger partial charge in [-0.1, -0.05) is 0 Å². The summed E-state index contributed by atoms with van der Waals surface area (Å²) in [5.74, 6) is 0.248. The molecule has 0 atom stereocenters. The molecule has 4 nitrogen and oxygen atoms in total. The molecule has 1 aromatic rings. The fraction of sp³-hybridized carbons (Fsp3) is 0.400. The van der Waals surface area contributed by atoms with Crippen molar-refractivity contribution in [1.82, 2.24) is 9.55 Å². The molecule has 1 aromatic heterocycles. The highest BCUT2D eigenvalue weighted by Crippen LogP contribution is 2.05. The topological polar surface area (TPSA) is 47.2 Å². The minimum atomic E-state index is 0.248. The maximum Gasteiger partial charge on any atom is 0.271 e. The van der Waals surface area contributed by atoms with Crippen molar-refractivity contribution in [2.75, 3.05) is 0 Å². The fourth-order valence-electron chi connectivity index (χ4n) is 0.644. The summed E-state index contributed by atoms with van der Waals surface area (Å²) >= 11 is 0. The maximum atomic E-state index is 9.91. The van der Waals surface area contributed by atoms with E-state index in [1.807, 2.05) is 6.92 Å². The van der Waals surface area contributed by atoms with Crippen LogP contribution in [-0.4, -0.2) is 9.55 Å². The molecule has 9 heavy (non-hydrogen) atoms. The normalized spacial score (nSPS) is 9.44. The van der Waals surface area contributed by atoms with Gasteiger partial charge >= 0.3 is 0 Å². The minimum Gasteiger partial charge on any atom is -0.313 e. The molecule has 0 saturated carbocycles. The van der Waals surface area contributed by atoms with Crippen LogP contribution >= 0.6 is 0 Å². The number of rotatable bonds is 2. The maximum absolute atomic E-state index is 9.91. The molecule has 0 aliphatic heterocycles. The summed E-state index contributed by atoms with van der Waals surface area (Å²) in [7, 11) is 0. The quantitative estimate of drug-likeness (QED) is 0.559. The van der Waals surface area contributed by atoms with E-state index in [0.29, 0.717) is 0 Å². The second-order valence-corrected chi connectivity index (χ2v) is 1.60. The Hall–Kier alpha value is -1.19. The highest BCUT2D eigenvalue weighted by atomic mass is 16.3. The van der Waals surface area contributed by atoms with Crippen LogP contribution in [-0.2, 0) is 6.54 Å². The molecule has 48 valence electrons. The molecule has 0 amide bonds. The zero-order valence-corrected chi connectivity index (χ0v) is 5.11. The molecule has 0 radical (unpaired) electrons. The van der Waals surface area contributed by atoms with Gasteiger partial charge in [0, 0.05) is 24.1 Å². The van der Waals surface area contributed by atoms with Crippen LogP contribution in [0.1, 0.15) is 6.92 Å². The number of nitrogens with zero attached hydrogens (tertiary/aromatic N) is 3. The third kappa shape index (κ3) is 0.960. The molecule has 1 rings (SSSR count). The molecule has 0 aromatic carbocycles. The Bertz CT molecular complexity index is 206. The Morgan fingerprint density at radius 3 is 3.11 bits per heavy atom. The smallest absolute Gasteiger partial charge is 0.271 e. The summed E-state index contributed by atoms with van der Waals surface area (Å²) in [5, 5.41) is 2.70. The summed E-state index contributed by atoms with van der Waals surface area (Å²) in [6.07, 6.45) is 3.27. The molecule has 0 aliphatic rings. The molecular formula is C5H7N3O. The summed E-state index contributed by atoms with van der Waals surface area (Å²) in [6.45, 7) is 2.66. The van der Waals surface area contributed by atoms with Crippen molar-refractivity contribution in [2.45, 2.75) is 13.5 Å². The van der Waals surface area contributed by atoms with E-state index in [1.165, 1.54) is 0 Å². The van der Waals surface area contributed by atoms with Gasteiger partial charge in [0.1, 0.15) is 0 Å². The van der Waals surface area contributed by atoms with Crippen LogP contribution in [0.4, 0.5) is 5.95 Å². The average molecular weight is 125 g/mol. The molecule has 1 heterocycles. The summed E-state index contributed by atoms with van der Waals surface area (Å²) < 4.78 is 1.67. The number of imidazole rings is 1. The van der Waals surface area contributed by atoms with Gasteiger partial charge in [0.2, 0.25) is 0 Å². The fourth-order valence-corrected chi connectivity index (χ4v) is 0.644. The average Bonchev–Trinajstić information content (AvgIpc) is 2.33. The first-order chi connectivity index (χ1) is 4.38. The molecule has 4 heteroatoms. The van der Waals surface area contributed by atoms with E-state index in [-0.39, 0.29) is 5.95 Å². The molecular weight excluding hydrogens is 118 g/mol. The zero-order chi connectivity index (χ0) is 6.69. The highest BCUT2D eigenvalue weighted by Gasteiger charge is 1.96. The van der Waals surface area contributed by atoms with E-state index in [0.717, 1.165) is 6.54 Å². The summed E-state index contributed by atoms with van der Waals surface area (Å²) in [4.78, 5) is 13.6. The third-order valence-electron chi connectivity index (χ3n) is 1.12. The van der Waals surface area contributed by atoms with Crippen LogP contribution in [0.5, 0.6) is 0 Å². The molecule has 0 bridgehead atoms. The predicted octanol–water partition coefficient (Wildman–Crippen LogP) is 1.30. The second-order valence-electron chi connectivity index (χ2n) is 1.60. The van der Waals surface area contributed by atoms with Gasteiger partial charge in [-0.05, 0) is 6.92 Å². The first kappa shape index (κ1) is 5.94. The van der Waals surface area contributed by atoms with Crippen molar-refractivity contribution in [3.8, 4) is 0 Å². The van der Waals surface area contributed by atoms with Gasteiger partial charge < -0.3 is 4.57 Å². The molecule has 0 N–H and O–H groups in total. The third-order valence-corrected chi connectivity index (χ3v) is 1.12. The largest absolute Gasteiger partial charge is 0.313 e. The second kappa shape index (κ2) is 2.39. The standard InChI is InChI=1S/C5H7N3O/c1-2-8-4-3-6-5(8)7-9/h3-4H,2H2,1H3. The lowest BCUT2D eigenvalue weighted by molar-refractivity contribution is 0.764. The van der Waals surface area contributed by atoms with Crippen molar-refractivity contribution in [2.24, 2.45) is 5.18 Å². The summed E-state index contributed by atoms with van der Waals surface area (Å²) in [5.41, 5.74) is 0. The van der Waals surface area contributed by atoms with Crippen molar-refractivity contribution in [1.29, 1.82) is 0 Å². The molecule has 0 spiro atoms. The van der Waals surface area contributed by atoms with Crippen molar-refractivity contribution < 1.29 is 0 Å². The lowest BCUT2D eigenvalue weighted by Crippen LogP contribution is -1.89. The lowest BCUT2D eigenvalue weighted by atomic mass is 10.7. The zero-order valence-electron chi connectivity index (χ0n) is 5.11. The van der Waals surface area contributed by atoms with Gasteiger partial charge in [-0.25, -0.2) is 4.98 Å². The minimum absolute atomic E-state index is 0.248. The monoisotopic (exact) mass is 125 g/mol. The predicted molar refractivity (Wildman–Crippen MR) is 33.4 cm³/mol. The number of hydrogen-bond acceptors (Lipinski definition) is 3. The molecule has 0 fully saturated rings. The van der Waals surface area contributed by atoms with Crippen LogP contribution < -0.4 is 0 Å².